The molecule has 10 nitrogen and oxygen atoms in total. The Balaban J connectivity index is 1.24. The summed E-state index contributed by atoms with van der Waals surface area (Å²) in [6.07, 6.45) is 2.49. The number of fused-ring (bicyclic) bond motifs is 1. The molecule has 2 atom stereocenters. The molecule has 220 valence electrons. The van der Waals surface area contributed by atoms with Gasteiger partial charge in [0.25, 0.3) is 5.91 Å². The Bertz CT molecular complexity index is 1380. The van der Waals surface area contributed by atoms with Gasteiger partial charge in [-0.2, -0.15) is 4.98 Å². The normalized spacial score (nSPS) is 18.7. The quantitative estimate of drug-likeness (QED) is 0.323. The SMILES string of the molecule is CC(C)(C)OC(=O)C[C@H]1C[C@@H](CCNC(=O)c2ccc(CCc3ccc4nc(N)nc(N)c4c3)cc2)OC(C)(C)O1. The van der Waals surface area contributed by atoms with E-state index in [9.17, 15) is 9.59 Å². The van der Waals surface area contributed by atoms with Crippen molar-refractivity contribution in [1.29, 1.82) is 0 Å². The minimum Gasteiger partial charge on any atom is -0.460 e. The summed E-state index contributed by atoms with van der Waals surface area (Å²) in [6, 6.07) is 13.5. The zero-order valence-corrected chi connectivity index (χ0v) is 24.5. The Hall–Kier alpha value is -3.76. The molecule has 0 aliphatic carbocycles. The van der Waals surface area contributed by atoms with Gasteiger partial charge in [-0.15, -0.1) is 0 Å². The maximum atomic E-state index is 12.8. The van der Waals surface area contributed by atoms with Gasteiger partial charge in [0, 0.05) is 23.9 Å². The number of amides is 1. The van der Waals surface area contributed by atoms with Crippen LogP contribution in [0.5, 0.6) is 0 Å². The van der Waals surface area contributed by atoms with Gasteiger partial charge in [-0.25, -0.2) is 4.98 Å². The van der Waals surface area contributed by atoms with Crippen LogP contribution in [0.1, 0.15) is 75.4 Å². The smallest absolute Gasteiger partial charge is 0.308 e. The molecule has 0 spiro atoms. The van der Waals surface area contributed by atoms with Crippen molar-refractivity contribution in [2.24, 2.45) is 0 Å². The summed E-state index contributed by atoms with van der Waals surface area (Å²) in [5.74, 6) is -0.721. The van der Waals surface area contributed by atoms with E-state index in [1.807, 2.05) is 77.1 Å². The number of hydrogen-bond donors (Lipinski definition) is 3. The van der Waals surface area contributed by atoms with Crippen molar-refractivity contribution in [3.63, 3.8) is 0 Å². The van der Waals surface area contributed by atoms with Crippen LogP contribution < -0.4 is 16.8 Å². The van der Waals surface area contributed by atoms with E-state index in [1.165, 1.54) is 0 Å². The highest BCUT2D eigenvalue weighted by Gasteiger charge is 2.37. The summed E-state index contributed by atoms with van der Waals surface area (Å²) in [5, 5.41) is 3.77. The van der Waals surface area contributed by atoms with E-state index in [-0.39, 0.29) is 36.5 Å². The molecule has 1 amide bonds. The molecule has 10 heteroatoms. The average Bonchev–Trinajstić information content (AvgIpc) is 2.85. The molecule has 1 fully saturated rings. The van der Waals surface area contributed by atoms with E-state index in [0.717, 1.165) is 34.9 Å². The molecule has 41 heavy (non-hydrogen) atoms. The van der Waals surface area contributed by atoms with Gasteiger partial charge in [0.05, 0.1) is 24.1 Å². The summed E-state index contributed by atoms with van der Waals surface area (Å²) in [5.41, 5.74) is 14.7. The number of carbonyl (C=O) groups excluding carboxylic acids is 2. The van der Waals surface area contributed by atoms with Gasteiger partial charge >= 0.3 is 5.97 Å². The molecule has 0 saturated carbocycles. The molecule has 1 aliphatic rings. The van der Waals surface area contributed by atoms with Crippen molar-refractivity contribution in [1.82, 2.24) is 15.3 Å². The third-order valence-electron chi connectivity index (χ3n) is 6.72. The van der Waals surface area contributed by atoms with Gasteiger partial charge in [0.15, 0.2) is 5.79 Å². The van der Waals surface area contributed by atoms with Gasteiger partial charge in [0.1, 0.15) is 11.4 Å². The summed E-state index contributed by atoms with van der Waals surface area (Å²) >= 11 is 0. The number of esters is 1. The first-order valence-corrected chi connectivity index (χ1v) is 14.0. The summed E-state index contributed by atoms with van der Waals surface area (Å²) < 4.78 is 17.4. The molecule has 3 aromatic rings. The molecule has 5 N–H and O–H groups in total. The van der Waals surface area contributed by atoms with Crippen LogP contribution in [-0.4, -0.2) is 52.0 Å². The predicted molar refractivity (Wildman–Crippen MR) is 158 cm³/mol. The minimum atomic E-state index is -0.823. The number of ether oxygens (including phenoxy) is 3. The molecule has 2 heterocycles. The topological polar surface area (TPSA) is 152 Å². The third kappa shape index (κ3) is 8.86. The number of hydrogen-bond acceptors (Lipinski definition) is 9. The highest BCUT2D eigenvalue weighted by Crippen LogP contribution is 2.30. The Labute approximate surface area is 241 Å². The van der Waals surface area contributed by atoms with Crippen molar-refractivity contribution >= 4 is 34.5 Å². The standard InChI is InChI=1S/C31H41N5O5/c1-30(2,3)41-26(37)18-23-17-22(39-31(4,5)40-23)14-15-34-28(38)21-11-8-19(9-12-21)6-7-20-10-13-25-24(16-20)27(32)36-29(33)35-25/h8-13,16,22-23H,6-7,14-15,17-18H2,1-5H3,(H,34,38)(H4,32,33,35,36)/t22-,23-/m1/s1. The van der Waals surface area contributed by atoms with E-state index in [4.69, 9.17) is 25.7 Å². The second kappa shape index (κ2) is 12.4. The number of nitrogen functional groups attached to an aromatic ring is 2. The second-order valence-electron chi connectivity index (χ2n) is 12.0. The lowest BCUT2D eigenvalue weighted by atomic mass is 10.0. The predicted octanol–water partition coefficient (Wildman–Crippen LogP) is 4.34. The van der Waals surface area contributed by atoms with Crippen molar-refractivity contribution in [3.05, 3.63) is 59.2 Å². The number of anilines is 2. The zero-order chi connectivity index (χ0) is 29.8. The van der Waals surface area contributed by atoms with E-state index in [2.05, 4.69) is 15.3 Å². The van der Waals surface area contributed by atoms with E-state index in [0.29, 0.717) is 30.8 Å². The summed E-state index contributed by atoms with van der Waals surface area (Å²) in [7, 11) is 0. The lowest BCUT2D eigenvalue weighted by Gasteiger charge is -2.40. The number of aryl methyl sites for hydroxylation is 2. The van der Waals surface area contributed by atoms with E-state index < -0.39 is 11.4 Å². The average molecular weight is 564 g/mol. The Morgan fingerprint density at radius 1 is 1.00 bits per heavy atom. The van der Waals surface area contributed by atoms with Crippen LogP contribution in [0.3, 0.4) is 0 Å². The van der Waals surface area contributed by atoms with E-state index in [1.54, 1.807) is 0 Å². The van der Waals surface area contributed by atoms with Gasteiger partial charge in [-0.1, -0.05) is 18.2 Å². The first kappa shape index (κ1) is 30.2. The molecule has 0 bridgehead atoms. The number of carbonyl (C=O) groups is 2. The maximum Gasteiger partial charge on any atom is 0.308 e. The lowest BCUT2D eigenvalue weighted by molar-refractivity contribution is -0.300. The van der Waals surface area contributed by atoms with Crippen molar-refractivity contribution in [2.45, 2.75) is 90.3 Å². The Morgan fingerprint density at radius 2 is 1.66 bits per heavy atom. The van der Waals surface area contributed by atoms with Gasteiger partial charge < -0.3 is 31.0 Å². The Morgan fingerprint density at radius 3 is 2.37 bits per heavy atom. The second-order valence-corrected chi connectivity index (χ2v) is 12.0. The maximum absolute atomic E-state index is 12.8. The number of rotatable bonds is 9. The van der Waals surface area contributed by atoms with Gasteiger partial charge in [0.2, 0.25) is 5.95 Å². The van der Waals surface area contributed by atoms with Gasteiger partial charge in [-0.3, -0.25) is 9.59 Å². The number of aromatic nitrogens is 2. The Kier molecular flexibility index (Phi) is 9.14. The molecule has 1 saturated heterocycles. The summed E-state index contributed by atoms with van der Waals surface area (Å²) in [6.45, 7) is 9.64. The van der Waals surface area contributed by atoms with Crippen LogP contribution in [-0.2, 0) is 31.8 Å². The largest absolute Gasteiger partial charge is 0.460 e. The zero-order valence-electron chi connectivity index (χ0n) is 24.5. The third-order valence-corrected chi connectivity index (χ3v) is 6.72. The van der Waals surface area contributed by atoms with Crippen LogP contribution in [0, 0.1) is 0 Å². The molecule has 0 unspecified atom stereocenters. The number of nitrogens with two attached hydrogens (primary N) is 2. The molecule has 0 radical (unpaired) electrons. The molecular weight excluding hydrogens is 522 g/mol. The van der Waals surface area contributed by atoms with Crippen molar-refractivity contribution < 1.29 is 23.8 Å². The number of benzene rings is 2. The first-order chi connectivity index (χ1) is 19.3. The van der Waals surface area contributed by atoms with Crippen molar-refractivity contribution in [3.8, 4) is 0 Å². The fourth-order valence-corrected chi connectivity index (χ4v) is 5.02. The van der Waals surface area contributed by atoms with E-state index >= 15 is 0 Å². The molecule has 1 aromatic heterocycles. The molecule has 1 aliphatic heterocycles. The molecule has 4 rings (SSSR count). The summed E-state index contributed by atoms with van der Waals surface area (Å²) in [4.78, 5) is 33.3. The van der Waals surface area contributed by atoms with Crippen molar-refractivity contribution in [2.75, 3.05) is 18.0 Å². The van der Waals surface area contributed by atoms with Crippen LogP contribution in [0.4, 0.5) is 11.8 Å². The fourth-order valence-electron chi connectivity index (χ4n) is 5.02. The monoisotopic (exact) mass is 563 g/mol. The minimum absolute atomic E-state index is 0.141. The molecule has 2 aromatic carbocycles. The highest BCUT2D eigenvalue weighted by atomic mass is 16.7. The number of nitrogens with one attached hydrogen (secondary N) is 1. The fraction of sp³-hybridized carbons (Fsp3) is 0.484. The van der Waals surface area contributed by atoms with Gasteiger partial charge in [-0.05, 0) is 89.3 Å². The first-order valence-electron chi connectivity index (χ1n) is 14.0. The number of nitrogens with zero attached hydrogens (tertiary/aromatic N) is 2. The molecular formula is C31H41N5O5. The van der Waals surface area contributed by atoms with Crippen LogP contribution >= 0.6 is 0 Å². The lowest BCUT2D eigenvalue weighted by Crippen LogP contribution is -2.46. The van der Waals surface area contributed by atoms with Crippen LogP contribution in [0.25, 0.3) is 10.9 Å². The highest BCUT2D eigenvalue weighted by molar-refractivity contribution is 5.94. The van der Waals surface area contributed by atoms with Crippen LogP contribution in [0.2, 0.25) is 0 Å². The van der Waals surface area contributed by atoms with Crippen LogP contribution in [0.15, 0.2) is 42.5 Å².